The fourth-order valence-corrected chi connectivity index (χ4v) is 2.36. The number of amides is 1. The monoisotopic (exact) mass is 314 g/mol. The number of carbonyl (C=O) groups excluding carboxylic acids is 1. The van der Waals surface area contributed by atoms with Crippen molar-refractivity contribution >= 4 is 21.8 Å². The minimum atomic E-state index is 0.0258. The largest absolute Gasteiger partial charge is 0.351 e. The van der Waals surface area contributed by atoms with Gasteiger partial charge in [0.2, 0.25) is 0 Å². The number of aryl methyl sites for hydroxylation is 1. The highest BCUT2D eigenvalue weighted by atomic mass is 79.9. The molecule has 18 heavy (non-hydrogen) atoms. The minimum absolute atomic E-state index is 0.0258. The van der Waals surface area contributed by atoms with Gasteiger partial charge in [-0.05, 0) is 47.2 Å². The lowest BCUT2D eigenvalue weighted by atomic mass is 10.1. The second kappa shape index (κ2) is 7.62. The molecule has 1 amide bonds. The number of rotatable bonds is 7. The van der Waals surface area contributed by atoms with Gasteiger partial charge in [0, 0.05) is 23.8 Å². The first-order chi connectivity index (χ1) is 8.54. The number of hydrogen-bond donors (Lipinski definition) is 1. The first-order valence-electron chi connectivity index (χ1n) is 6.68. The van der Waals surface area contributed by atoms with Crippen molar-refractivity contribution < 1.29 is 4.79 Å². The van der Waals surface area contributed by atoms with Crippen molar-refractivity contribution in [3.05, 3.63) is 22.4 Å². The minimum Gasteiger partial charge on any atom is -0.351 e. The van der Waals surface area contributed by atoms with Crippen LogP contribution in [0.3, 0.4) is 0 Å². The third-order valence-corrected chi connectivity index (χ3v) is 3.24. The summed E-state index contributed by atoms with van der Waals surface area (Å²) in [6.07, 6.45) is 5.18. The first-order valence-corrected chi connectivity index (χ1v) is 7.47. The van der Waals surface area contributed by atoms with E-state index in [-0.39, 0.29) is 5.91 Å². The summed E-state index contributed by atoms with van der Waals surface area (Å²) in [5.41, 5.74) is 0.744. The van der Waals surface area contributed by atoms with E-state index in [0.717, 1.165) is 42.5 Å². The SMILES string of the molecule is CCCn1cc(Br)cc1C(=O)NCCCC(C)C. The van der Waals surface area contributed by atoms with Gasteiger partial charge in [0.15, 0.2) is 0 Å². The normalized spacial score (nSPS) is 10.9. The maximum Gasteiger partial charge on any atom is 0.267 e. The van der Waals surface area contributed by atoms with Crippen LogP contribution in [0.1, 0.15) is 50.5 Å². The van der Waals surface area contributed by atoms with Crippen LogP contribution in [0.15, 0.2) is 16.7 Å². The van der Waals surface area contributed by atoms with E-state index in [0.29, 0.717) is 5.92 Å². The zero-order valence-corrected chi connectivity index (χ0v) is 13.1. The van der Waals surface area contributed by atoms with Crippen molar-refractivity contribution in [1.82, 2.24) is 9.88 Å². The number of aromatic nitrogens is 1. The lowest BCUT2D eigenvalue weighted by Gasteiger charge is -2.09. The highest BCUT2D eigenvalue weighted by Crippen LogP contribution is 2.15. The van der Waals surface area contributed by atoms with E-state index >= 15 is 0 Å². The van der Waals surface area contributed by atoms with E-state index in [1.165, 1.54) is 0 Å². The number of carbonyl (C=O) groups is 1. The summed E-state index contributed by atoms with van der Waals surface area (Å²) in [4.78, 5) is 12.0. The molecule has 3 nitrogen and oxygen atoms in total. The maximum absolute atomic E-state index is 12.0. The molecule has 0 unspecified atom stereocenters. The Hall–Kier alpha value is -0.770. The Bertz CT molecular complexity index is 385. The molecule has 4 heteroatoms. The molecule has 0 aliphatic heterocycles. The number of nitrogens with one attached hydrogen (secondary N) is 1. The quantitative estimate of drug-likeness (QED) is 0.763. The van der Waals surface area contributed by atoms with Crippen molar-refractivity contribution in [1.29, 1.82) is 0 Å². The maximum atomic E-state index is 12.0. The molecule has 1 heterocycles. The lowest BCUT2D eigenvalue weighted by Crippen LogP contribution is -2.27. The van der Waals surface area contributed by atoms with Gasteiger partial charge in [0.1, 0.15) is 5.69 Å². The van der Waals surface area contributed by atoms with Gasteiger partial charge in [-0.1, -0.05) is 20.8 Å². The zero-order valence-electron chi connectivity index (χ0n) is 11.5. The summed E-state index contributed by atoms with van der Waals surface area (Å²) in [5, 5.41) is 2.99. The highest BCUT2D eigenvalue weighted by molar-refractivity contribution is 9.10. The molecule has 0 aromatic carbocycles. The van der Waals surface area contributed by atoms with E-state index in [4.69, 9.17) is 0 Å². The molecule has 0 radical (unpaired) electrons. The molecule has 0 spiro atoms. The van der Waals surface area contributed by atoms with Crippen LogP contribution in [0, 0.1) is 5.92 Å². The van der Waals surface area contributed by atoms with E-state index < -0.39 is 0 Å². The Morgan fingerprint density at radius 1 is 1.50 bits per heavy atom. The summed E-state index contributed by atoms with van der Waals surface area (Å²) in [5.74, 6) is 0.720. The molecular formula is C14H23BrN2O. The summed E-state index contributed by atoms with van der Waals surface area (Å²) in [6, 6.07) is 1.88. The average Bonchev–Trinajstić information content (AvgIpc) is 2.66. The Morgan fingerprint density at radius 3 is 2.83 bits per heavy atom. The van der Waals surface area contributed by atoms with Crippen LogP contribution in [-0.2, 0) is 6.54 Å². The highest BCUT2D eigenvalue weighted by Gasteiger charge is 2.11. The molecular weight excluding hydrogens is 292 g/mol. The van der Waals surface area contributed by atoms with Crippen LogP contribution in [0.5, 0.6) is 0 Å². The van der Waals surface area contributed by atoms with Crippen LogP contribution in [0.25, 0.3) is 0 Å². The Morgan fingerprint density at radius 2 is 2.22 bits per heavy atom. The van der Waals surface area contributed by atoms with Crippen LogP contribution < -0.4 is 5.32 Å². The van der Waals surface area contributed by atoms with Gasteiger partial charge >= 0.3 is 0 Å². The molecule has 0 bridgehead atoms. The molecule has 0 fully saturated rings. The lowest BCUT2D eigenvalue weighted by molar-refractivity contribution is 0.0943. The average molecular weight is 315 g/mol. The predicted molar refractivity (Wildman–Crippen MR) is 78.8 cm³/mol. The van der Waals surface area contributed by atoms with Gasteiger partial charge in [-0.15, -0.1) is 0 Å². The standard InChI is InChI=1S/C14H23BrN2O/c1-4-8-17-10-12(15)9-13(17)14(18)16-7-5-6-11(2)3/h9-11H,4-8H2,1-3H3,(H,16,18). The van der Waals surface area contributed by atoms with Gasteiger partial charge in [0.05, 0.1) is 0 Å². The molecule has 1 rings (SSSR count). The number of nitrogens with zero attached hydrogens (tertiary/aromatic N) is 1. The Labute approximate surface area is 118 Å². The molecule has 0 aliphatic rings. The van der Waals surface area contributed by atoms with E-state index in [1.54, 1.807) is 0 Å². The molecule has 0 aliphatic carbocycles. The molecule has 1 aromatic rings. The van der Waals surface area contributed by atoms with Crippen LogP contribution in [0.2, 0.25) is 0 Å². The Balaban J connectivity index is 2.50. The summed E-state index contributed by atoms with van der Waals surface area (Å²) < 4.78 is 2.96. The molecule has 0 saturated heterocycles. The molecule has 0 saturated carbocycles. The second-order valence-corrected chi connectivity index (χ2v) is 5.94. The molecule has 1 N–H and O–H groups in total. The van der Waals surface area contributed by atoms with Crippen molar-refractivity contribution in [3.8, 4) is 0 Å². The number of halogens is 1. The summed E-state index contributed by atoms with van der Waals surface area (Å²) in [7, 11) is 0. The zero-order chi connectivity index (χ0) is 13.5. The second-order valence-electron chi connectivity index (χ2n) is 5.03. The molecule has 102 valence electrons. The fourth-order valence-electron chi connectivity index (χ4n) is 1.89. The molecule has 0 atom stereocenters. The summed E-state index contributed by atoms with van der Waals surface area (Å²) >= 11 is 3.42. The van der Waals surface area contributed by atoms with Crippen molar-refractivity contribution in [2.24, 2.45) is 5.92 Å². The smallest absolute Gasteiger partial charge is 0.267 e. The van der Waals surface area contributed by atoms with E-state index in [1.807, 2.05) is 16.8 Å². The van der Waals surface area contributed by atoms with Gasteiger partial charge in [-0.3, -0.25) is 4.79 Å². The van der Waals surface area contributed by atoms with E-state index in [2.05, 4.69) is 42.0 Å². The van der Waals surface area contributed by atoms with Crippen molar-refractivity contribution in [2.45, 2.75) is 46.6 Å². The van der Waals surface area contributed by atoms with Crippen LogP contribution in [-0.4, -0.2) is 17.0 Å². The van der Waals surface area contributed by atoms with E-state index in [9.17, 15) is 4.79 Å². The summed E-state index contributed by atoms with van der Waals surface area (Å²) in [6.45, 7) is 8.14. The van der Waals surface area contributed by atoms with Crippen LogP contribution >= 0.6 is 15.9 Å². The van der Waals surface area contributed by atoms with Crippen molar-refractivity contribution in [3.63, 3.8) is 0 Å². The van der Waals surface area contributed by atoms with Crippen molar-refractivity contribution in [2.75, 3.05) is 6.54 Å². The third-order valence-electron chi connectivity index (χ3n) is 2.80. The van der Waals surface area contributed by atoms with Gasteiger partial charge in [-0.2, -0.15) is 0 Å². The first kappa shape index (κ1) is 15.3. The van der Waals surface area contributed by atoms with Gasteiger partial charge in [0.25, 0.3) is 5.91 Å². The van der Waals surface area contributed by atoms with Crippen LogP contribution in [0.4, 0.5) is 0 Å². The third kappa shape index (κ3) is 4.84. The topological polar surface area (TPSA) is 34.0 Å². The van der Waals surface area contributed by atoms with Gasteiger partial charge in [-0.25, -0.2) is 0 Å². The molecule has 1 aromatic heterocycles. The predicted octanol–water partition coefficient (Wildman–Crippen LogP) is 3.83. The van der Waals surface area contributed by atoms with Gasteiger partial charge < -0.3 is 9.88 Å². The number of hydrogen-bond acceptors (Lipinski definition) is 1. The fraction of sp³-hybridized carbons (Fsp3) is 0.643. The Kier molecular flexibility index (Phi) is 6.47.